The molecule has 0 radical (unpaired) electrons. The minimum absolute atomic E-state index is 0.0888. The maximum atomic E-state index is 12.8. The summed E-state index contributed by atoms with van der Waals surface area (Å²) in [5.41, 5.74) is -0.0353. The summed E-state index contributed by atoms with van der Waals surface area (Å²) in [5, 5.41) is 8.99. The molecule has 2 aromatic carbocycles. The van der Waals surface area contributed by atoms with E-state index in [1.165, 1.54) is 18.2 Å². The Morgan fingerprint density at radius 1 is 1.04 bits per heavy atom. The van der Waals surface area contributed by atoms with Gasteiger partial charge >= 0.3 is 5.97 Å². The number of hydrogen-bond acceptors (Lipinski definition) is 6. The lowest BCUT2D eigenvalue weighted by Gasteiger charge is -2.10. The van der Waals surface area contributed by atoms with Crippen molar-refractivity contribution in [2.24, 2.45) is 0 Å². The fourth-order valence-electron chi connectivity index (χ4n) is 2.51. The summed E-state index contributed by atoms with van der Waals surface area (Å²) >= 11 is 0. The Hall–Kier alpha value is -3.48. The molecule has 3 aromatic rings. The summed E-state index contributed by atoms with van der Waals surface area (Å²) in [6.45, 7) is 3.60. The molecule has 0 aliphatic rings. The van der Waals surface area contributed by atoms with Crippen LogP contribution in [-0.4, -0.2) is 24.3 Å². The number of aliphatic carboxylic acids is 1. The van der Waals surface area contributed by atoms with Crippen molar-refractivity contribution >= 4 is 16.9 Å². The summed E-state index contributed by atoms with van der Waals surface area (Å²) in [7, 11) is 0. The molecular formula is C20H18O7. The number of carboxylic acids is 1. The third kappa shape index (κ3) is 4.20. The van der Waals surface area contributed by atoms with Gasteiger partial charge in [0.1, 0.15) is 28.6 Å². The minimum Gasteiger partial charge on any atom is -0.494 e. The number of ether oxygens (including phenoxy) is 3. The average Bonchev–Trinajstić information content (AvgIpc) is 2.65. The Balaban J connectivity index is 1.91. The molecule has 27 heavy (non-hydrogen) atoms. The first kappa shape index (κ1) is 18.3. The number of aryl methyl sites for hydroxylation is 1. The topological polar surface area (TPSA) is 95.2 Å². The number of benzene rings is 2. The van der Waals surface area contributed by atoms with Gasteiger partial charge in [0.15, 0.2) is 6.61 Å². The van der Waals surface area contributed by atoms with Crippen LogP contribution in [0, 0.1) is 6.92 Å². The van der Waals surface area contributed by atoms with Crippen molar-refractivity contribution < 1.29 is 28.5 Å². The van der Waals surface area contributed by atoms with Gasteiger partial charge in [0.2, 0.25) is 11.2 Å². The van der Waals surface area contributed by atoms with Gasteiger partial charge in [-0.05, 0) is 50.2 Å². The fourth-order valence-corrected chi connectivity index (χ4v) is 2.51. The highest BCUT2D eigenvalue weighted by Gasteiger charge is 2.15. The van der Waals surface area contributed by atoms with Gasteiger partial charge in [-0.15, -0.1) is 0 Å². The summed E-state index contributed by atoms with van der Waals surface area (Å²) in [6.07, 6.45) is 0. The largest absolute Gasteiger partial charge is 0.494 e. The molecule has 0 bridgehead atoms. The van der Waals surface area contributed by atoms with E-state index in [-0.39, 0.29) is 11.2 Å². The van der Waals surface area contributed by atoms with Crippen molar-refractivity contribution in [3.05, 3.63) is 58.4 Å². The molecule has 0 spiro atoms. The number of fused-ring (bicyclic) bond motifs is 1. The molecule has 0 saturated carbocycles. The molecule has 0 saturated heterocycles. The monoisotopic (exact) mass is 370 g/mol. The Kier molecular flexibility index (Phi) is 5.30. The van der Waals surface area contributed by atoms with Gasteiger partial charge < -0.3 is 23.7 Å². The Morgan fingerprint density at radius 3 is 2.37 bits per heavy atom. The Morgan fingerprint density at radius 2 is 1.70 bits per heavy atom. The number of carboxylic acid groups (broad SMARTS) is 1. The molecule has 1 aromatic heterocycles. The third-order valence-corrected chi connectivity index (χ3v) is 3.70. The number of carbonyl (C=O) groups is 1. The molecule has 0 amide bonds. The van der Waals surface area contributed by atoms with Crippen LogP contribution in [0.4, 0.5) is 0 Å². The third-order valence-electron chi connectivity index (χ3n) is 3.70. The lowest BCUT2D eigenvalue weighted by Crippen LogP contribution is -2.10. The molecule has 1 N–H and O–H groups in total. The van der Waals surface area contributed by atoms with Gasteiger partial charge in [0, 0.05) is 6.07 Å². The second-order valence-electron chi connectivity index (χ2n) is 5.66. The number of rotatable bonds is 7. The van der Waals surface area contributed by atoms with Crippen molar-refractivity contribution in [3.63, 3.8) is 0 Å². The van der Waals surface area contributed by atoms with Crippen molar-refractivity contribution in [3.8, 4) is 23.0 Å². The maximum Gasteiger partial charge on any atom is 0.341 e. The summed E-state index contributed by atoms with van der Waals surface area (Å²) in [5.74, 6) is 0.790. The summed E-state index contributed by atoms with van der Waals surface area (Å²) in [4.78, 5) is 23.4. The molecule has 0 fully saturated rings. The van der Waals surface area contributed by atoms with E-state index in [9.17, 15) is 9.59 Å². The van der Waals surface area contributed by atoms with Gasteiger partial charge in [-0.2, -0.15) is 0 Å². The lowest BCUT2D eigenvalue weighted by molar-refractivity contribution is -0.139. The van der Waals surface area contributed by atoms with Gasteiger partial charge in [-0.3, -0.25) is 4.79 Å². The highest BCUT2D eigenvalue weighted by atomic mass is 16.5. The van der Waals surface area contributed by atoms with Crippen LogP contribution in [0.5, 0.6) is 23.0 Å². The van der Waals surface area contributed by atoms with E-state index in [0.29, 0.717) is 40.6 Å². The zero-order valence-electron chi connectivity index (χ0n) is 14.9. The zero-order valence-corrected chi connectivity index (χ0v) is 14.9. The van der Waals surface area contributed by atoms with Crippen LogP contribution < -0.4 is 19.6 Å². The van der Waals surface area contributed by atoms with E-state index in [1.54, 1.807) is 31.2 Å². The maximum absolute atomic E-state index is 12.8. The highest BCUT2D eigenvalue weighted by molar-refractivity contribution is 5.80. The second-order valence-corrected chi connectivity index (χ2v) is 5.66. The van der Waals surface area contributed by atoms with Gasteiger partial charge in [-0.25, -0.2) is 4.79 Å². The predicted molar refractivity (Wildman–Crippen MR) is 98.0 cm³/mol. The first-order valence-electron chi connectivity index (χ1n) is 8.30. The van der Waals surface area contributed by atoms with Crippen LogP contribution in [0.25, 0.3) is 11.0 Å². The van der Waals surface area contributed by atoms with Gasteiger partial charge in [0.25, 0.3) is 0 Å². The van der Waals surface area contributed by atoms with Gasteiger partial charge in [0.05, 0.1) is 12.0 Å². The van der Waals surface area contributed by atoms with Gasteiger partial charge in [-0.1, -0.05) is 0 Å². The first-order chi connectivity index (χ1) is 13.0. The Bertz CT molecular complexity index is 1020. The van der Waals surface area contributed by atoms with Crippen LogP contribution >= 0.6 is 0 Å². The molecule has 7 nitrogen and oxygen atoms in total. The average molecular weight is 370 g/mol. The van der Waals surface area contributed by atoms with E-state index in [4.69, 9.17) is 23.7 Å². The summed E-state index contributed by atoms with van der Waals surface area (Å²) in [6, 6.07) is 11.4. The first-order valence-corrected chi connectivity index (χ1v) is 8.30. The second kappa shape index (κ2) is 7.82. The van der Waals surface area contributed by atoms with Crippen LogP contribution in [0.2, 0.25) is 0 Å². The quantitative estimate of drug-likeness (QED) is 0.676. The molecule has 7 heteroatoms. The van der Waals surface area contributed by atoms with E-state index >= 15 is 0 Å². The smallest absolute Gasteiger partial charge is 0.341 e. The molecule has 0 atom stereocenters. The van der Waals surface area contributed by atoms with Crippen molar-refractivity contribution in [2.45, 2.75) is 13.8 Å². The molecule has 140 valence electrons. The van der Waals surface area contributed by atoms with Crippen molar-refractivity contribution in [1.82, 2.24) is 0 Å². The zero-order chi connectivity index (χ0) is 19.4. The highest BCUT2D eigenvalue weighted by Crippen LogP contribution is 2.28. The standard InChI is InChI=1S/C20H18O7/c1-3-24-13-4-6-14(7-5-13)27-20-12(2)26-17-10-15(25-11-18(21)22)8-9-16(17)19(20)23/h4-10H,3,11H2,1-2H3,(H,21,22). The van der Waals surface area contributed by atoms with Crippen LogP contribution in [0.15, 0.2) is 51.7 Å². The Labute approximate surface area is 154 Å². The molecule has 0 aliphatic carbocycles. The molecule has 0 aliphatic heterocycles. The van der Waals surface area contributed by atoms with E-state index < -0.39 is 12.6 Å². The predicted octanol–water partition coefficient (Wildman–Crippen LogP) is 3.76. The van der Waals surface area contributed by atoms with Crippen LogP contribution in [-0.2, 0) is 4.79 Å². The normalized spacial score (nSPS) is 10.6. The van der Waals surface area contributed by atoms with Crippen LogP contribution in [0.3, 0.4) is 0 Å². The van der Waals surface area contributed by atoms with Crippen molar-refractivity contribution in [1.29, 1.82) is 0 Å². The van der Waals surface area contributed by atoms with E-state index in [0.717, 1.165) is 0 Å². The summed E-state index contributed by atoms with van der Waals surface area (Å²) < 4.78 is 21.9. The molecular weight excluding hydrogens is 352 g/mol. The van der Waals surface area contributed by atoms with E-state index in [2.05, 4.69) is 0 Å². The molecule has 0 unspecified atom stereocenters. The fraction of sp³-hybridized carbons (Fsp3) is 0.200. The van der Waals surface area contributed by atoms with Crippen molar-refractivity contribution in [2.75, 3.05) is 13.2 Å². The lowest BCUT2D eigenvalue weighted by atomic mass is 10.2. The SMILES string of the molecule is CCOc1ccc(Oc2c(C)oc3cc(OCC(=O)O)ccc3c2=O)cc1. The molecule has 3 rings (SSSR count). The molecule has 1 heterocycles. The minimum atomic E-state index is -1.09. The number of hydrogen-bond donors (Lipinski definition) is 1. The van der Waals surface area contributed by atoms with Crippen LogP contribution in [0.1, 0.15) is 12.7 Å². The van der Waals surface area contributed by atoms with E-state index in [1.807, 2.05) is 6.92 Å².